The van der Waals surface area contributed by atoms with Crippen LogP contribution in [0, 0.1) is 0 Å². The van der Waals surface area contributed by atoms with Crippen molar-refractivity contribution < 1.29 is 20.1 Å². The van der Waals surface area contributed by atoms with Crippen molar-refractivity contribution in [2.75, 3.05) is 11.4 Å². The quantitative estimate of drug-likeness (QED) is 0.0754. The average molecular weight is 716 g/mol. The van der Waals surface area contributed by atoms with E-state index in [-0.39, 0.29) is 29.9 Å². The number of aliphatic hydroxyl groups excluding tert-OH is 1. The van der Waals surface area contributed by atoms with Gasteiger partial charge < -0.3 is 31.4 Å². The van der Waals surface area contributed by atoms with E-state index in [1.165, 1.54) is 12.1 Å². The largest absolute Gasteiger partial charge is 0.506 e. The Bertz CT molecular complexity index is 2260. The molecule has 0 spiro atoms. The second kappa shape index (κ2) is 16.0. The normalized spacial score (nSPS) is 16.6. The minimum atomic E-state index is -0.934. The number of H-pyrrole nitrogens is 1. The maximum atomic E-state index is 12.7. The molecule has 53 heavy (non-hydrogen) atoms. The number of fused-ring (bicyclic) bond motifs is 2. The van der Waals surface area contributed by atoms with Gasteiger partial charge >= 0.3 is 6.09 Å². The van der Waals surface area contributed by atoms with Crippen molar-refractivity contribution in [3.63, 3.8) is 0 Å². The number of benzene rings is 4. The molecule has 6 aromatic rings. The van der Waals surface area contributed by atoms with E-state index >= 15 is 0 Å². The number of hydrogen-bond acceptors (Lipinski definition) is 8. The number of nitrogens with two attached hydrogens (primary N) is 1. The third-order valence-electron chi connectivity index (χ3n) is 10.3. The monoisotopic (exact) mass is 715 g/mol. The number of pyridine rings is 1. The highest BCUT2D eigenvalue weighted by atomic mass is 16.4. The van der Waals surface area contributed by atoms with Crippen LogP contribution in [-0.4, -0.2) is 60.0 Å². The third kappa shape index (κ3) is 8.10. The second-order valence-corrected chi connectivity index (χ2v) is 14.0. The maximum absolute atomic E-state index is 12.7. The number of anilines is 1. The van der Waals surface area contributed by atoms with E-state index in [4.69, 9.17) is 5.73 Å². The molecule has 1 aliphatic carbocycles. The van der Waals surface area contributed by atoms with E-state index in [0.717, 1.165) is 83.9 Å². The number of phenols is 1. The Hall–Kier alpha value is -5.56. The SMILES string of the molecule is NC1CCC(N(C(=O)O)c2cc(CCCCn3nnc4cc(CNC[C@@H](O)c5ccc(O)c6[nH]c(=O)ccc56)ccc43)ccc2-c2ccccc2)CC1. The topological polar surface area (TPSA) is 183 Å². The highest BCUT2D eigenvalue weighted by molar-refractivity contribution is 5.94. The van der Waals surface area contributed by atoms with Crippen molar-refractivity contribution in [2.24, 2.45) is 5.73 Å². The van der Waals surface area contributed by atoms with Crippen molar-refractivity contribution >= 4 is 33.7 Å². The van der Waals surface area contributed by atoms with Crippen LogP contribution in [0.4, 0.5) is 10.5 Å². The van der Waals surface area contributed by atoms with E-state index in [1.54, 1.807) is 17.0 Å². The van der Waals surface area contributed by atoms with Gasteiger partial charge in [-0.25, -0.2) is 9.48 Å². The van der Waals surface area contributed by atoms with Gasteiger partial charge in [-0.1, -0.05) is 59.8 Å². The molecule has 1 amide bonds. The molecule has 274 valence electrons. The fourth-order valence-electron chi connectivity index (χ4n) is 7.51. The predicted octanol–water partition coefficient (Wildman–Crippen LogP) is 6.25. The number of aliphatic hydroxyl groups is 1. The number of unbranched alkanes of at least 4 members (excludes halogenated alkanes) is 1. The number of nitrogens with zero attached hydrogens (tertiary/aromatic N) is 4. The first-order chi connectivity index (χ1) is 25.7. The van der Waals surface area contributed by atoms with Crippen molar-refractivity contribution in [2.45, 2.75) is 76.2 Å². The molecule has 1 aliphatic rings. The van der Waals surface area contributed by atoms with Crippen molar-refractivity contribution in [3.8, 4) is 16.9 Å². The lowest BCUT2D eigenvalue weighted by Gasteiger charge is -2.35. The molecule has 2 aromatic heterocycles. The van der Waals surface area contributed by atoms with E-state index < -0.39 is 12.2 Å². The summed E-state index contributed by atoms with van der Waals surface area (Å²) in [7, 11) is 0. The second-order valence-electron chi connectivity index (χ2n) is 14.0. The van der Waals surface area contributed by atoms with Gasteiger partial charge in [0, 0.05) is 48.7 Å². The van der Waals surface area contributed by atoms with E-state index in [2.05, 4.69) is 38.8 Å². The standard InChI is InChI=1S/C41H45N7O5/c42-29-11-13-30(14-12-29)48(41(52)53)36-23-26(9-15-31(36)28-7-2-1-3-8-28)6-4-5-21-47-35-18-10-27(22-34(35)45-46-47)24-43-25-38(50)32-16-19-37(49)40-33(32)17-20-39(51)44-40/h1-3,7-10,15-20,22-23,29-30,38,43,49-50H,4-6,11-14,21,24-25,42H2,(H,44,51)(H,52,53)/t29?,30?,38-/m1/s1. The van der Waals surface area contributed by atoms with Gasteiger partial charge in [0.25, 0.3) is 0 Å². The summed E-state index contributed by atoms with van der Waals surface area (Å²) in [5.74, 6) is -0.0453. The van der Waals surface area contributed by atoms with Crippen LogP contribution < -0.4 is 21.5 Å². The van der Waals surface area contributed by atoms with Crippen LogP contribution in [0.1, 0.15) is 61.3 Å². The first-order valence-electron chi connectivity index (χ1n) is 18.3. The highest BCUT2D eigenvalue weighted by Crippen LogP contribution is 2.36. The highest BCUT2D eigenvalue weighted by Gasteiger charge is 2.30. The molecule has 0 unspecified atom stereocenters. The van der Waals surface area contributed by atoms with E-state index in [0.29, 0.717) is 29.6 Å². The van der Waals surface area contributed by atoms with Gasteiger partial charge in [0.05, 0.1) is 22.8 Å². The molecule has 1 saturated carbocycles. The van der Waals surface area contributed by atoms with Gasteiger partial charge in [-0.2, -0.15) is 0 Å². The van der Waals surface area contributed by atoms with Gasteiger partial charge in [-0.3, -0.25) is 9.69 Å². The lowest BCUT2D eigenvalue weighted by molar-refractivity contribution is 0.176. The Labute approximate surface area is 306 Å². The summed E-state index contributed by atoms with van der Waals surface area (Å²) in [4.78, 5) is 28.7. The molecule has 1 fully saturated rings. The number of carboxylic acid groups (broad SMARTS) is 1. The summed E-state index contributed by atoms with van der Waals surface area (Å²) >= 11 is 0. The summed E-state index contributed by atoms with van der Waals surface area (Å²) in [5.41, 5.74) is 13.2. The molecule has 0 radical (unpaired) electrons. The van der Waals surface area contributed by atoms with Crippen molar-refractivity contribution in [1.82, 2.24) is 25.3 Å². The molecule has 7 N–H and O–H groups in total. The van der Waals surface area contributed by atoms with Crippen LogP contribution >= 0.6 is 0 Å². The number of nitrogens with one attached hydrogen (secondary N) is 2. The maximum Gasteiger partial charge on any atom is 0.412 e. The number of amides is 1. The minimum absolute atomic E-state index is 0.0453. The molecule has 12 nitrogen and oxygen atoms in total. The molecule has 0 bridgehead atoms. The fourth-order valence-corrected chi connectivity index (χ4v) is 7.51. The van der Waals surface area contributed by atoms with Gasteiger partial charge in [-0.15, -0.1) is 5.10 Å². The van der Waals surface area contributed by atoms with Crippen LogP contribution in [0.15, 0.2) is 95.8 Å². The van der Waals surface area contributed by atoms with Crippen LogP contribution in [0.3, 0.4) is 0 Å². The molecule has 12 heteroatoms. The number of phenolic OH excluding ortho intramolecular Hbond substituents is 1. The van der Waals surface area contributed by atoms with Crippen LogP contribution in [0.2, 0.25) is 0 Å². The lowest BCUT2D eigenvalue weighted by atomic mass is 9.89. The number of hydrogen-bond donors (Lipinski definition) is 6. The zero-order chi connectivity index (χ0) is 36.9. The summed E-state index contributed by atoms with van der Waals surface area (Å²) in [6, 6.07) is 28.3. The van der Waals surface area contributed by atoms with Crippen LogP contribution in [-0.2, 0) is 19.5 Å². The van der Waals surface area contributed by atoms with Crippen LogP contribution in [0.5, 0.6) is 5.75 Å². The summed E-state index contributed by atoms with van der Waals surface area (Å²) in [5, 5.41) is 44.2. The molecular weight excluding hydrogens is 670 g/mol. The molecule has 0 aliphatic heterocycles. The van der Waals surface area contributed by atoms with E-state index in [1.807, 2.05) is 53.2 Å². The molecule has 7 rings (SSSR count). The molecule has 4 aromatic carbocycles. The Balaban J connectivity index is 0.966. The lowest BCUT2D eigenvalue weighted by Crippen LogP contribution is -2.44. The van der Waals surface area contributed by atoms with Gasteiger partial charge in [-0.05, 0) is 97.5 Å². The summed E-state index contributed by atoms with van der Waals surface area (Å²) in [6.07, 6.45) is 3.93. The first-order valence-corrected chi connectivity index (χ1v) is 18.3. The zero-order valence-electron chi connectivity index (χ0n) is 29.5. The molecule has 2 heterocycles. The Morgan fingerprint density at radius 1 is 0.962 bits per heavy atom. The van der Waals surface area contributed by atoms with Crippen molar-refractivity contribution in [3.05, 3.63) is 118 Å². The number of aromatic nitrogens is 4. The number of rotatable bonds is 13. The molecule has 1 atom stereocenters. The number of carbonyl (C=O) groups is 1. The zero-order valence-corrected chi connectivity index (χ0v) is 29.5. The van der Waals surface area contributed by atoms with Gasteiger partial charge in [0.1, 0.15) is 11.3 Å². The Kier molecular flexibility index (Phi) is 10.8. The van der Waals surface area contributed by atoms with Gasteiger partial charge in [0.15, 0.2) is 0 Å². The summed E-state index contributed by atoms with van der Waals surface area (Å²) in [6.45, 7) is 1.47. The number of aromatic amines is 1. The predicted molar refractivity (Wildman–Crippen MR) is 206 cm³/mol. The first kappa shape index (κ1) is 35.8. The fraction of sp³-hybridized carbons (Fsp3) is 0.317. The number of aromatic hydroxyl groups is 1. The van der Waals surface area contributed by atoms with Crippen molar-refractivity contribution in [1.29, 1.82) is 0 Å². The third-order valence-corrected chi connectivity index (χ3v) is 10.3. The Morgan fingerprint density at radius 3 is 2.55 bits per heavy atom. The molecular formula is C41H45N7O5. The number of aryl methyl sites for hydroxylation is 2. The minimum Gasteiger partial charge on any atom is -0.506 e. The smallest absolute Gasteiger partial charge is 0.412 e. The van der Waals surface area contributed by atoms with Crippen LogP contribution in [0.25, 0.3) is 33.1 Å². The Morgan fingerprint density at radius 2 is 1.75 bits per heavy atom. The summed E-state index contributed by atoms with van der Waals surface area (Å²) < 4.78 is 1.92. The van der Waals surface area contributed by atoms with Gasteiger partial charge in [0.2, 0.25) is 5.56 Å². The molecule has 0 saturated heterocycles. The van der Waals surface area contributed by atoms with E-state index in [9.17, 15) is 24.9 Å². The average Bonchev–Trinajstić information content (AvgIpc) is 3.57.